The Labute approximate surface area is 135 Å². The molecule has 116 valence electrons. The van der Waals surface area contributed by atoms with Crippen molar-refractivity contribution in [1.29, 1.82) is 0 Å². The molecular weight excluding hydrogens is 288 g/mol. The van der Waals surface area contributed by atoms with Crippen molar-refractivity contribution in [2.75, 3.05) is 13.2 Å². The van der Waals surface area contributed by atoms with E-state index in [9.17, 15) is 0 Å². The van der Waals surface area contributed by atoms with Crippen LogP contribution in [0.15, 0.2) is 48.5 Å². The van der Waals surface area contributed by atoms with Gasteiger partial charge < -0.3 is 14.2 Å². The molecule has 0 amide bonds. The maximum atomic E-state index is 5.86. The van der Waals surface area contributed by atoms with E-state index in [4.69, 9.17) is 14.2 Å². The zero-order valence-corrected chi connectivity index (χ0v) is 12.7. The molecule has 2 fully saturated rings. The summed E-state index contributed by atoms with van der Waals surface area (Å²) in [4.78, 5) is 0. The first kappa shape index (κ1) is 13.5. The molecule has 3 nitrogen and oxygen atoms in total. The second-order valence-electron chi connectivity index (χ2n) is 6.32. The van der Waals surface area contributed by atoms with Gasteiger partial charge in [-0.2, -0.15) is 0 Å². The number of hydrogen-bond donors (Lipinski definition) is 0. The molecule has 0 radical (unpaired) electrons. The third-order valence-electron chi connectivity index (χ3n) is 4.75. The van der Waals surface area contributed by atoms with Crippen molar-refractivity contribution < 1.29 is 14.2 Å². The molecule has 3 aliphatic rings. The summed E-state index contributed by atoms with van der Waals surface area (Å²) in [5.74, 6) is 0. The van der Waals surface area contributed by atoms with Gasteiger partial charge in [0, 0.05) is 0 Å². The minimum atomic E-state index is 0.143. The van der Waals surface area contributed by atoms with Crippen LogP contribution in [0.5, 0.6) is 0 Å². The fraction of sp³-hybridized carbons (Fsp3) is 0.300. The smallest absolute Gasteiger partial charge is 0.112 e. The monoisotopic (exact) mass is 306 g/mol. The Balaban J connectivity index is 1.54. The third kappa shape index (κ3) is 2.51. The fourth-order valence-electron chi connectivity index (χ4n) is 3.44. The van der Waals surface area contributed by atoms with E-state index in [-0.39, 0.29) is 24.4 Å². The number of ether oxygens (including phenoxy) is 3. The minimum absolute atomic E-state index is 0.143. The normalized spacial score (nSPS) is 31.3. The van der Waals surface area contributed by atoms with E-state index in [0.29, 0.717) is 13.2 Å². The summed E-state index contributed by atoms with van der Waals surface area (Å²) < 4.78 is 17.4. The number of fused-ring (bicyclic) bond motifs is 5. The van der Waals surface area contributed by atoms with Gasteiger partial charge in [0.1, 0.15) is 24.4 Å². The Hall–Kier alpha value is -1.94. The molecule has 0 bridgehead atoms. The number of benzene rings is 2. The third-order valence-corrected chi connectivity index (χ3v) is 4.75. The van der Waals surface area contributed by atoms with Crippen LogP contribution in [-0.4, -0.2) is 25.4 Å². The molecule has 23 heavy (non-hydrogen) atoms. The summed E-state index contributed by atoms with van der Waals surface area (Å²) in [6.45, 7) is 1.33. The summed E-state index contributed by atoms with van der Waals surface area (Å²) in [5.41, 5.74) is 4.96. The molecule has 0 aromatic heterocycles. The van der Waals surface area contributed by atoms with Gasteiger partial charge in [-0.3, -0.25) is 0 Å². The zero-order chi connectivity index (χ0) is 15.2. The lowest BCUT2D eigenvalue weighted by atomic mass is 9.93. The Morgan fingerprint density at radius 2 is 1.57 bits per heavy atom. The summed E-state index contributed by atoms with van der Waals surface area (Å²) >= 11 is 0. The molecule has 3 aliphatic heterocycles. The molecule has 2 aromatic carbocycles. The lowest BCUT2D eigenvalue weighted by Crippen LogP contribution is -2.06. The van der Waals surface area contributed by atoms with E-state index < -0.39 is 0 Å². The predicted molar refractivity (Wildman–Crippen MR) is 87.9 cm³/mol. The molecule has 3 heterocycles. The van der Waals surface area contributed by atoms with Gasteiger partial charge in [0.15, 0.2) is 0 Å². The summed E-state index contributed by atoms with van der Waals surface area (Å²) in [6, 6.07) is 16.8. The van der Waals surface area contributed by atoms with Crippen LogP contribution in [0, 0.1) is 0 Å². The van der Waals surface area contributed by atoms with Crippen molar-refractivity contribution in [3.05, 3.63) is 70.8 Å². The van der Waals surface area contributed by atoms with Gasteiger partial charge in [0.25, 0.3) is 0 Å². The van der Waals surface area contributed by atoms with Crippen molar-refractivity contribution in [1.82, 2.24) is 0 Å². The van der Waals surface area contributed by atoms with Gasteiger partial charge in [-0.15, -0.1) is 0 Å². The summed E-state index contributed by atoms with van der Waals surface area (Å²) in [5, 5.41) is 0. The largest absolute Gasteiger partial charge is 0.376 e. The second kappa shape index (κ2) is 5.31. The number of rotatable bonds is 2. The molecule has 4 atom stereocenters. The van der Waals surface area contributed by atoms with Gasteiger partial charge in [0.05, 0.1) is 13.2 Å². The highest BCUT2D eigenvalue weighted by Crippen LogP contribution is 2.50. The Kier molecular flexibility index (Phi) is 3.11. The van der Waals surface area contributed by atoms with E-state index in [1.54, 1.807) is 0 Å². The molecule has 5 rings (SSSR count). The fourth-order valence-corrected chi connectivity index (χ4v) is 3.44. The van der Waals surface area contributed by atoms with Gasteiger partial charge >= 0.3 is 0 Å². The molecule has 2 aromatic rings. The SMILES string of the molecule is C(=Cc1cccc2c1C1OC1COCC1OC21)c1ccccc1. The standard InChI is InChI=1S/C20H18O3/c1-2-5-13(6-3-1)9-10-14-7-4-8-15-18(14)20-17(23-20)12-21-11-16-19(15)22-16/h1-10,16-17,19-20H,11-12H2. The van der Waals surface area contributed by atoms with Crippen LogP contribution < -0.4 is 0 Å². The average molecular weight is 306 g/mol. The van der Waals surface area contributed by atoms with Gasteiger partial charge in [-0.1, -0.05) is 60.7 Å². The van der Waals surface area contributed by atoms with Gasteiger partial charge in [-0.25, -0.2) is 0 Å². The molecule has 4 unspecified atom stereocenters. The molecule has 0 aliphatic carbocycles. The van der Waals surface area contributed by atoms with Gasteiger partial charge in [-0.05, 0) is 22.3 Å². The van der Waals surface area contributed by atoms with Crippen LogP contribution in [0.1, 0.15) is 34.5 Å². The lowest BCUT2D eigenvalue weighted by Gasteiger charge is -2.09. The molecule has 2 saturated heterocycles. The Bertz CT molecular complexity index is 753. The van der Waals surface area contributed by atoms with Crippen molar-refractivity contribution >= 4 is 12.2 Å². The average Bonchev–Trinajstić information content (AvgIpc) is 3.50. The van der Waals surface area contributed by atoms with Gasteiger partial charge in [0.2, 0.25) is 0 Å². The highest BCUT2D eigenvalue weighted by Gasteiger charge is 2.50. The van der Waals surface area contributed by atoms with Crippen LogP contribution in [0.3, 0.4) is 0 Å². The van der Waals surface area contributed by atoms with E-state index >= 15 is 0 Å². The van der Waals surface area contributed by atoms with Crippen LogP contribution in [-0.2, 0) is 14.2 Å². The highest BCUT2D eigenvalue weighted by atomic mass is 16.6. The quantitative estimate of drug-likeness (QED) is 0.626. The van der Waals surface area contributed by atoms with Crippen molar-refractivity contribution in [2.24, 2.45) is 0 Å². The number of epoxide rings is 2. The van der Waals surface area contributed by atoms with Crippen LogP contribution in [0.25, 0.3) is 12.2 Å². The van der Waals surface area contributed by atoms with E-state index in [1.165, 1.54) is 22.3 Å². The molecule has 3 heteroatoms. The first-order valence-electron chi connectivity index (χ1n) is 8.15. The maximum Gasteiger partial charge on any atom is 0.112 e. The summed E-state index contributed by atoms with van der Waals surface area (Å²) in [7, 11) is 0. The van der Waals surface area contributed by atoms with Crippen LogP contribution in [0.4, 0.5) is 0 Å². The topological polar surface area (TPSA) is 34.3 Å². The van der Waals surface area contributed by atoms with Crippen molar-refractivity contribution in [3.63, 3.8) is 0 Å². The summed E-state index contributed by atoms with van der Waals surface area (Å²) in [6.07, 6.45) is 5.05. The number of hydrogen-bond acceptors (Lipinski definition) is 3. The molecule has 0 spiro atoms. The first-order valence-corrected chi connectivity index (χ1v) is 8.15. The highest BCUT2D eigenvalue weighted by molar-refractivity contribution is 5.72. The maximum absolute atomic E-state index is 5.86. The predicted octanol–water partition coefficient (Wildman–Crippen LogP) is 3.77. The second-order valence-corrected chi connectivity index (χ2v) is 6.32. The lowest BCUT2D eigenvalue weighted by molar-refractivity contribution is 0.102. The Morgan fingerprint density at radius 1 is 0.783 bits per heavy atom. The molecular formula is C20H18O3. The zero-order valence-electron chi connectivity index (χ0n) is 12.7. The van der Waals surface area contributed by atoms with Crippen molar-refractivity contribution in [3.8, 4) is 0 Å². The van der Waals surface area contributed by atoms with Crippen LogP contribution in [0.2, 0.25) is 0 Å². The van der Waals surface area contributed by atoms with E-state index in [1.807, 2.05) is 6.07 Å². The Morgan fingerprint density at radius 3 is 2.43 bits per heavy atom. The molecule has 0 saturated carbocycles. The molecule has 0 N–H and O–H groups in total. The van der Waals surface area contributed by atoms with E-state index in [0.717, 1.165) is 0 Å². The van der Waals surface area contributed by atoms with Crippen LogP contribution >= 0.6 is 0 Å². The first-order chi connectivity index (χ1) is 11.4. The van der Waals surface area contributed by atoms with E-state index in [2.05, 4.69) is 54.6 Å². The van der Waals surface area contributed by atoms with Crippen molar-refractivity contribution in [2.45, 2.75) is 24.4 Å². The minimum Gasteiger partial charge on any atom is -0.376 e.